The van der Waals surface area contributed by atoms with Gasteiger partial charge < -0.3 is 9.52 Å². The van der Waals surface area contributed by atoms with E-state index in [1.165, 1.54) is 0 Å². The highest BCUT2D eigenvalue weighted by Crippen LogP contribution is 2.18. The highest BCUT2D eigenvalue weighted by Gasteiger charge is 2.19. The first-order valence-corrected chi connectivity index (χ1v) is 6.93. The molecule has 0 spiro atoms. The van der Waals surface area contributed by atoms with Crippen molar-refractivity contribution in [2.45, 2.75) is 32.9 Å². The van der Waals surface area contributed by atoms with Gasteiger partial charge in [0.25, 0.3) is 0 Å². The molecule has 0 bridgehead atoms. The zero-order valence-electron chi connectivity index (χ0n) is 12.2. The van der Waals surface area contributed by atoms with Gasteiger partial charge in [0, 0.05) is 11.6 Å². The van der Waals surface area contributed by atoms with E-state index < -0.39 is 5.97 Å². The van der Waals surface area contributed by atoms with Gasteiger partial charge in [-0.2, -0.15) is 0 Å². The number of benzene rings is 1. The zero-order chi connectivity index (χ0) is 15.2. The lowest BCUT2D eigenvalue weighted by atomic mass is 10.2. The second kappa shape index (κ2) is 6.99. The Morgan fingerprint density at radius 1 is 1.33 bits per heavy atom. The minimum absolute atomic E-state index is 0.0436. The molecule has 2 rings (SSSR count). The van der Waals surface area contributed by atoms with E-state index in [1.807, 2.05) is 49.1 Å². The molecular formula is C15H19N3O3. The predicted molar refractivity (Wildman–Crippen MR) is 77.5 cm³/mol. The summed E-state index contributed by atoms with van der Waals surface area (Å²) in [6.07, 6.45) is 0.854. The van der Waals surface area contributed by atoms with E-state index in [4.69, 9.17) is 9.52 Å². The van der Waals surface area contributed by atoms with Gasteiger partial charge in [-0.3, -0.25) is 9.69 Å². The Morgan fingerprint density at radius 3 is 2.67 bits per heavy atom. The summed E-state index contributed by atoms with van der Waals surface area (Å²) >= 11 is 0. The molecule has 0 aliphatic rings. The molecule has 6 nitrogen and oxygen atoms in total. The molecule has 0 amide bonds. The van der Waals surface area contributed by atoms with Crippen molar-refractivity contribution in [2.75, 3.05) is 6.54 Å². The lowest BCUT2D eigenvalue weighted by molar-refractivity contribution is -0.139. The van der Waals surface area contributed by atoms with Gasteiger partial charge in [-0.15, -0.1) is 10.2 Å². The number of nitrogens with zero attached hydrogens (tertiary/aromatic N) is 3. The van der Waals surface area contributed by atoms with E-state index >= 15 is 0 Å². The third-order valence-corrected chi connectivity index (χ3v) is 3.38. The molecule has 112 valence electrons. The van der Waals surface area contributed by atoms with E-state index in [-0.39, 0.29) is 12.6 Å². The molecule has 0 saturated heterocycles. The maximum atomic E-state index is 10.9. The van der Waals surface area contributed by atoms with Gasteiger partial charge in [-0.25, -0.2) is 0 Å². The fourth-order valence-corrected chi connectivity index (χ4v) is 1.99. The second-order valence-electron chi connectivity index (χ2n) is 4.92. The van der Waals surface area contributed by atoms with Crippen LogP contribution < -0.4 is 0 Å². The van der Waals surface area contributed by atoms with Crippen LogP contribution in [0.2, 0.25) is 0 Å². The highest BCUT2D eigenvalue weighted by atomic mass is 16.4. The molecule has 0 saturated carbocycles. The molecule has 1 atom stereocenters. The standard InChI is InChI=1S/C15H19N3O3/c1-3-11(2)18(10-14(19)20)9-13-16-17-15(21-13)12-7-5-4-6-8-12/h4-8,11H,3,9-10H2,1-2H3,(H,19,20). The minimum Gasteiger partial charge on any atom is -0.480 e. The van der Waals surface area contributed by atoms with Crippen molar-refractivity contribution in [1.29, 1.82) is 0 Å². The Labute approximate surface area is 123 Å². The van der Waals surface area contributed by atoms with Gasteiger partial charge >= 0.3 is 5.97 Å². The van der Waals surface area contributed by atoms with Crippen molar-refractivity contribution in [2.24, 2.45) is 0 Å². The van der Waals surface area contributed by atoms with Gasteiger partial charge in [-0.05, 0) is 25.5 Å². The van der Waals surface area contributed by atoms with Crippen LogP contribution in [0, 0.1) is 0 Å². The smallest absolute Gasteiger partial charge is 0.317 e. The number of rotatable bonds is 7. The summed E-state index contributed by atoms with van der Waals surface area (Å²) in [6.45, 7) is 4.29. The molecular weight excluding hydrogens is 270 g/mol. The van der Waals surface area contributed by atoms with E-state index in [2.05, 4.69) is 10.2 Å². The number of hydrogen-bond donors (Lipinski definition) is 1. The first kappa shape index (κ1) is 15.2. The molecule has 1 aromatic carbocycles. The average molecular weight is 289 g/mol. The van der Waals surface area contributed by atoms with Gasteiger partial charge in [0.2, 0.25) is 11.8 Å². The summed E-state index contributed by atoms with van der Waals surface area (Å²) in [5.41, 5.74) is 0.851. The zero-order valence-corrected chi connectivity index (χ0v) is 12.2. The van der Waals surface area contributed by atoms with Crippen LogP contribution >= 0.6 is 0 Å². The third kappa shape index (κ3) is 4.13. The van der Waals surface area contributed by atoms with Crippen molar-refractivity contribution >= 4 is 5.97 Å². The van der Waals surface area contributed by atoms with E-state index in [9.17, 15) is 4.79 Å². The van der Waals surface area contributed by atoms with Crippen LogP contribution in [0.3, 0.4) is 0 Å². The molecule has 2 aromatic rings. The maximum Gasteiger partial charge on any atom is 0.317 e. The topological polar surface area (TPSA) is 79.5 Å². The van der Waals surface area contributed by atoms with Crippen molar-refractivity contribution in [1.82, 2.24) is 15.1 Å². The molecule has 0 aliphatic carbocycles. The van der Waals surface area contributed by atoms with Gasteiger partial charge in [0.1, 0.15) is 0 Å². The van der Waals surface area contributed by atoms with Gasteiger partial charge in [0.15, 0.2) is 0 Å². The fourth-order valence-electron chi connectivity index (χ4n) is 1.99. The summed E-state index contributed by atoms with van der Waals surface area (Å²) in [5.74, 6) is 0.0125. The SMILES string of the molecule is CCC(C)N(CC(=O)O)Cc1nnc(-c2ccccc2)o1. The molecule has 1 unspecified atom stereocenters. The third-order valence-electron chi connectivity index (χ3n) is 3.38. The average Bonchev–Trinajstić information content (AvgIpc) is 2.95. The van der Waals surface area contributed by atoms with Crippen LogP contribution in [0.4, 0.5) is 0 Å². The first-order chi connectivity index (χ1) is 10.1. The number of aliphatic carboxylic acids is 1. The lowest BCUT2D eigenvalue weighted by Gasteiger charge is -2.24. The predicted octanol–water partition coefficient (Wildman–Crippen LogP) is 2.42. The molecule has 1 heterocycles. The maximum absolute atomic E-state index is 10.9. The van der Waals surface area contributed by atoms with Crippen LogP contribution in [-0.4, -0.2) is 38.8 Å². The Kier molecular flexibility index (Phi) is 5.05. The summed E-state index contributed by atoms with van der Waals surface area (Å²) in [7, 11) is 0. The van der Waals surface area contributed by atoms with Crippen LogP contribution in [0.1, 0.15) is 26.2 Å². The van der Waals surface area contributed by atoms with Crippen molar-refractivity contribution in [3.63, 3.8) is 0 Å². The summed E-state index contributed by atoms with van der Waals surface area (Å²) in [4.78, 5) is 12.7. The molecule has 21 heavy (non-hydrogen) atoms. The van der Waals surface area contributed by atoms with E-state index in [0.29, 0.717) is 18.3 Å². The first-order valence-electron chi connectivity index (χ1n) is 6.93. The molecule has 0 fully saturated rings. The Hall–Kier alpha value is -2.21. The van der Waals surface area contributed by atoms with Crippen molar-refractivity contribution in [3.8, 4) is 11.5 Å². The molecule has 6 heteroatoms. The number of carboxylic acid groups (broad SMARTS) is 1. The second-order valence-corrected chi connectivity index (χ2v) is 4.92. The quantitative estimate of drug-likeness (QED) is 0.843. The highest BCUT2D eigenvalue weighted by molar-refractivity contribution is 5.69. The summed E-state index contributed by atoms with van der Waals surface area (Å²) < 4.78 is 5.62. The molecule has 1 N–H and O–H groups in total. The number of carbonyl (C=O) groups is 1. The largest absolute Gasteiger partial charge is 0.480 e. The number of hydrogen-bond acceptors (Lipinski definition) is 5. The number of carboxylic acids is 1. The Bertz CT molecular complexity index is 583. The summed E-state index contributed by atoms with van der Waals surface area (Å²) in [5, 5.41) is 17.0. The minimum atomic E-state index is -0.863. The fraction of sp³-hybridized carbons (Fsp3) is 0.400. The van der Waals surface area contributed by atoms with Crippen LogP contribution in [0.25, 0.3) is 11.5 Å². The normalized spacial score (nSPS) is 12.5. The lowest BCUT2D eigenvalue weighted by Crippen LogP contribution is -2.36. The van der Waals surface area contributed by atoms with Gasteiger partial charge in [-0.1, -0.05) is 25.1 Å². The Balaban J connectivity index is 2.11. The van der Waals surface area contributed by atoms with E-state index in [1.54, 1.807) is 0 Å². The van der Waals surface area contributed by atoms with Crippen LogP contribution in [0.5, 0.6) is 0 Å². The molecule has 0 radical (unpaired) electrons. The number of aromatic nitrogens is 2. The summed E-state index contributed by atoms with van der Waals surface area (Å²) in [6, 6.07) is 9.62. The van der Waals surface area contributed by atoms with Crippen LogP contribution in [-0.2, 0) is 11.3 Å². The van der Waals surface area contributed by atoms with Crippen molar-refractivity contribution in [3.05, 3.63) is 36.2 Å². The molecule has 0 aliphatic heterocycles. The van der Waals surface area contributed by atoms with E-state index in [0.717, 1.165) is 12.0 Å². The molecule has 1 aromatic heterocycles. The van der Waals surface area contributed by atoms with Crippen LogP contribution in [0.15, 0.2) is 34.7 Å². The Morgan fingerprint density at radius 2 is 2.05 bits per heavy atom. The van der Waals surface area contributed by atoms with Crippen molar-refractivity contribution < 1.29 is 14.3 Å². The monoisotopic (exact) mass is 289 g/mol. The van der Waals surface area contributed by atoms with Gasteiger partial charge in [0.05, 0.1) is 13.1 Å².